The zero-order chi connectivity index (χ0) is 26.6. The van der Waals surface area contributed by atoms with Crippen LogP contribution < -0.4 is 16.0 Å². The number of nitrogens with one attached hydrogen (secondary N) is 3. The molecule has 9 nitrogen and oxygen atoms in total. The Morgan fingerprint density at radius 2 is 1.65 bits per heavy atom. The van der Waals surface area contributed by atoms with Gasteiger partial charge in [-0.3, -0.25) is 9.59 Å². The summed E-state index contributed by atoms with van der Waals surface area (Å²) in [5, 5.41) is 8.68. The van der Waals surface area contributed by atoms with Gasteiger partial charge in [0.05, 0.1) is 0 Å². The zero-order valence-electron chi connectivity index (χ0n) is 20.9. The molecule has 0 unspecified atom stereocenters. The van der Waals surface area contributed by atoms with E-state index < -0.39 is 11.7 Å². The lowest BCUT2D eigenvalue weighted by molar-refractivity contribution is -0.137. The van der Waals surface area contributed by atoms with Crippen molar-refractivity contribution in [2.45, 2.75) is 50.9 Å². The minimum absolute atomic E-state index is 0.0134. The first kappa shape index (κ1) is 26.6. The van der Waals surface area contributed by atoms with Crippen molar-refractivity contribution in [3.63, 3.8) is 0 Å². The Kier molecular flexibility index (Phi) is 8.16. The molecule has 3 N–H and O–H groups in total. The van der Waals surface area contributed by atoms with Crippen LogP contribution in [0.4, 0.5) is 30.6 Å². The van der Waals surface area contributed by atoms with Gasteiger partial charge in [0, 0.05) is 62.6 Å². The fraction of sp³-hybridized carbons (Fsp3) is 0.520. The number of hydrogen-bond acceptors (Lipinski definition) is 7. The molecular weight excluding hydrogens is 487 g/mol. The van der Waals surface area contributed by atoms with Crippen molar-refractivity contribution in [2.75, 3.05) is 43.9 Å². The van der Waals surface area contributed by atoms with Gasteiger partial charge in [-0.1, -0.05) is 12.8 Å². The molecule has 12 heteroatoms. The van der Waals surface area contributed by atoms with Gasteiger partial charge in [0.15, 0.2) is 0 Å². The number of piperazine rings is 1. The number of aromatic nitrogens is 2. The van der Waals surface area contributed by atoms with Crippen LogP contribution >= 0.6 is 0 Å². The Morgan fingerprint density at radius 1 is 1.00 bits per heavy atom. The highest BCUT2D eigenvalue weighted by molar-refractivity contribution is 5.94. The van der Waals surface area contributed by atoms with Crippen molar-refractivity contribution < 1.29 is 22.8 Å². The van der Waals surface area contributed by atoms with Crippen LogP contribution in [0.25, 0.3) is 0 Å². The van der Waals surface area contributed by atoms with Crippen LogP contribution in [0.15, 0.2) is 30.5 Å². The summed E-state index contributed by atoms with van der Waals surface area (Å²) in [6.07, 6.45) is -0.890. The van der Waals surface area contributed by atoms with Gasteiger partial charge in [0.25, 0.3) is 5.91 Å². The number of amides is 2. The van der Waals surface area contributed by atoms with E-state index in [1.807, 2.05) is 7.05 Å². The molecule has 2 atom stereocenters. The van der Waals surface area contributed by atoms with Gasteiger partial charge in [0.2, 0.25) is 11.9 Å². The van der Waals surface area contributed by atoms with Crippen molar-refractivity contribution in [3.05, 3.63) is 41.6 Å². The van der Waals surface area contributed by atoms with E-state index in [-0.39, 0.29) is 35.7 Å². The third-order valence-electron chi connectivity index (χ3n) is 6.75. The van der Waals surface area contributed by atoms with Crippen LogP contribution in [0.2, 0.25) is 0 Å². The van der Waals surface area contributed by atoms with Gasteiger partial charge < -0.3 is 25.8 Å². The number of carbonyl (C=O) groups excluding carboxylic acids is 2. The van der Waals surface area contributed by atoms with Crippen LogP contribution in [0, 0.1) is 0 Å². The Balaban J connectivity index is 1.49. The smallest absolute Gasteiger partial charge is 0.365 e. The quantitative estimate of drug-likeness (QED) is 0.537. The Morgan fingerprint density at radius 3 is 2.27 bits per heavy atom. The molecule has 2 amide bonds. The van der Waals surface area contributed by atoms with Crippen LogP contribution in [0.5, 0.6) is 0 Å². The number of anilines is 3. The molecule has 1 saturated carbocycles. The summed E-state index contributed by atoms with van der Waals surface area (Å²) in [4.78, 5) is 36.3. The van der Waals surface area contributed by atoms with Gasteiger partial charge >= 0.3 is 6.18 Å². The third kappa shape index (κ3) is 6.88. The second-order valence-corrected chi connectivity index (χ2v) is 9.59. The van der Waals surface area contributed by atoms with E-state index in [0.29, 0.717) is 37.2 Å². The molecule has 1 aromatic heterocycles. The molecule has 1 aliphatic heterocycles. The largest absolute Gasteiger partial charge is 0.421 e. The maximum atomic E-state index is 13.7. The van der Waals surface area contributed by atoms with Crippen molar-refractivity contribution in [3.8, 4) is 0 Å². The summed E-state index contributed by atoms with van der Waals surface area (Å²) >= 11 is 0. The molecule has 4 rings (SSSR count). The average molecular weight is 520 g/mol. The lowest BCUT2D eigenvalue weighted by Crippen LogP contribution is -2.48. The van der Waals surface area contributed by atoms with Crippen LogP contribution in [0.1, 0.15) is 48.5 Å². The molecule has 0 radical (unpaired) electrons. The summed E-state index contributed by atoms with van der Waals surface area (Å²) in [7, 11) is 2.02. The number of hydrogen-bond donors (Lipinski definition) is 3. The fourth-order valence-electron chi connectivity index (χ4n) is 4.69. The minimum atomic E-state index is -4.65. The van der Waals surface area contributed by atoms with E-state index >= 15 is 0 Å². The molecule has 1 saturated heterocycles. The van der Waals surface area contributed by atoms with E-state index in [9.17, 15) is 22.8 Å². The number of carbonyl (C=O) groups is 2. The fourth-order valence-corrected chi connectivity index (χ4v) is 4.69. The van der Waals surface area contributed by atoms with Gasteiger partial charge in [-0.25, -0.2) is 4.98 Å². The third-order valence-corrected chi connectivity index (χ3v) is 6.75. The first-order chi connectivity index (χ1) is 17.6. The molecular formula is C25H32F3N7O2. The predicted octanol–water partition coefficient (Wildman–Crippen LogP) is 3.49. The maximum Gasteiger partial charge on any atom is 0.421 e. The number of likely N-dealkylation sites (N-methyl/N-ethyl adjacent to an activating group) is 1. The van der Waals surface area contributed by atoms with E-state index in [2.05, 4.69) is 30.8 Å². The molecule has 2 heterocycles. The topological polar surface area (TPSA) is 102 Å². The number of alkyl halides is 3. The van der Waals surface area contributed by atoms with Gasteiger partial charge in [-0.15, -0.1) is 0 Å². The van der Waals surface area contributed by atoms with Crippen LogP contribution in [0.3, 0.4) is 0 Å². The maximum absolute atomic E-state index is 13.7. The van der Waals surface area contributed by atoms with E-state index in [1.54, 1.807) is 29.2 Å². The predicted molar refractivity (Wildman–Crippen MR) is 134 cm³/mol. The number of halogens is 3. The zero-order valence-corrected chi connectivity index (χ0v) is 20.9. The second kappa shape index (κ2) is 11.3. The van der Waals surface area contributed by atoms with E-state index in [1.165, 1.54) is 6.92 Å². The molecule has 0 spiro atoms. The highest BCUT2D eigenvalue weighted by Crippen LogP contribution is 2.35. The Labute approximate surface area is 213 Å². The van der Waals surface area contributed by atoms with Crippen molar-refractivity contribution in [2.24, 2.45) is 0 Å². The molecule has 2 fully saturated rings. The van der Waals surface area contributed by atoms with Crippen LogP contribution in [-0.4, -0.2) is 76.9 Å². The molecule has 1 aliphatic carbocycles. The van der Waals surface area contributed by atoms with Crippen molar-refractivity contribution >= 4 is 29.3 Å². The second-order valence-electron chi connectivity index (χ2n) is 9.59. The van der Waals surface area contributed by atoms with Gasteiger partial charge in [-0.2, -0.15) is 18.2 Å². The van der Waals surface area contributed by atoms with E-state index in [0.717, 1.165) is 32.1 Å². The summed E-state index contributed by atoms with van der Waals surface area (Å²) in [6.45, 7) is 4.35. The summed E-state index contributed by atoms with van der Waals surface area (Å²) < 4.78 is 41.1. The first-order valence-electron chi connectivity index (χ1n) is 12.4. The number of nitrogens with zero attached hydrogens (tertiary/aromatic N) is 4. The lowest BCUT2D eigenvalue weighted by Gasteiger charge is -2.33. The summed E-state index contributed by atoms with van der Waals surface area (Å²) in [5.74, 6) is -0.637. The molecule has 1 aromatic carbocycles. The van der Waals surface area contributed by atoms with Crippen molar-refractivity contribution in [1.82, 2.24) is 25.1 Å². The van der Waals surface area contributed by atoms with Crippen LogP contribution in [-0.2, 0) is 11.0 Å². The first-order valence-corrected chi connectivity index (χ1v) is 12.4. The normalized spacial score (nSPS) is 20.8. The van der Waals surface area contributed by atoms with Crippen molar-refractivity contribution in [1.29, 1.82) is 0 Å². The van der Waals surface area contributed by atoms with Gasteiger partial charge in [0.1, 0.15) is 11.4 Å². The SMILES string of the molecule is CC(=O)N[C@H]1CCCC[C@@H]1Nc1nc(Nc2ccc(C(=O)N3CCN(C)CC3)cc2)ncc1C(F)(F)F. The standard InChI is InChI=1S/C25H32F3N7O2/c1-16(36)30-20-5-3-4-6-21(20)32-22-19(25(26,27)28)15-29-24(33-22)31-18-9-7-17(8-10-18)23(37)35-13-11-34(2)12-14-35/h7-10,15,20-21H,3-6,11-14H2,1-2H3,(H,30,36)(H2,29,31,32,33)/t20-,21-/m0/s1. The Hall–Kier alpha value is -3.41. The molecule has 200 valence electrons. The Bertz CT molecular complexity index is 1100. The molecule has 0 bridgehead atoms. The average Bonchev–Trinajstić information content (AvgIpc) is 2.85. The highest BCUT2D eigenvalue weighted by Gasteiger charge is 2.37. The molecule has 2 aromatic rings. The summed E-state index contributed by atoms with van der Waals surface area (Å²) in [6, 6.07) is 6.01. The highest BCUT2D eigenvalue weighted by atomic mass is 19.4. The monoisotopic (exact) mass is 519 g/mol. The van der Waals surface area contributed by atoms with E-state index in [4.69, 9.17) is 0 Å². The number of benzene rings is 1. The lowest BCUT2D eigenvalue weighted by atomic mass is 9.90. The molecule has 2 aliphatic rings. The number of rotatable bonds is 6. The minimum Gasteiger partial charge on any atom is -0.365 e. The summed E-state index contributed by atoms with van der Waals surface area (Å²) in [5.41, 5.74) is 0.0971. The van der Waals surface area contributed by atoms with Gasteiger partial charge in [-0.05, 0) is 44.2 Å². The molecule has 37 heavy (non-hydrogen) atoms.